The van der Waals surface area contributed by atoms with Crippen LogP contribution in [0.25, 0.3) is 0 Å². The average molecular weight is 272 g/mol. The van der Waals surface area contributed by atoms with Gasteiger partial charge in [-0.25, -0.2) is 4.79 Å². The fourth-order valence-electron chi connectivity index (χ4n) is 1.54. The van der Waals surface area contributed by atoms with Crippen LogP contribution in [0.2, 0.25) is 0 Å². The molecule has 0 aromatic heterocycles. The van der Waals surface area contributed by atoms with E-state index >= 15 is 0 Å². The summed E-state index contributed by atoms with van der Waals surface area (Å²) in [4.78, 5) is 22.8. The minimum absolute atomic E-state index is 0.437. The van der Waals surface area contributed by atoms with Crippen molar-refractivity contribution in [3.63, 3.8) is 0 Å². The van der Waals surface area contributed by atoms with E-state index in [1.54, 1.807) is 30.3 Å². The Bertz CT molecular complexity index is 445. The molecule has 0 aliphatic heterocycles. The lowest BCUT2D eigenvalue weighted by molar-refractivity contribution is -0.185. The van der Waals surface area contributed by atoms with Crippen molar-refractivity contribution in [3.8, 4) is 0 Å². The molecular formula is C13H14F2O4. The standard InChI is InChI=1S/C13H14F2O4/c1-18-11(12(17)19-2)13(14,15)10(16)8-9-6-4-3-5-7-9/h3-7,11H,8H2,1-2H3. The molecule has 0 saturated heterocycles. The number of benzene rings is 1. The first-order valence-corrected chi connectivity index (χ1v) is 5.49. The number of hydrogen-bond donors (Lipinski definition) is 0. The Morgan fingerprint density at radius 2 is 1.79 bits per heavy atom. The Labute approximate surface area is 109 Å². The van der Waals surface area contributed by atoms with E-state index in [4.69, 9.17) is 0 Å². The Kier molecular flexibility index (Phi) is 5.11. The highest BCUT2D eigenvalue weighted by atomic mass is 19.3. The van der Waals surface area contributed by atoms with Gasteiger partial charge in [0.25, 0.3) is 0 Å². The third-order valence-electron chi connectivity index (χ3n) is 2.56. The second-order valence-corrected chi connectivity index (χ2v) is 3.85. The van der Waals surface area contributed by atoms with Gasteiger partial charge in [-0.1, -0.05) is 30.3 Å². The van der Waals surface area contributed by atoms with Gasteiger partial charge in [0, 0.05) is 13.5 Å². The van der Waals surface area contributed by atoms with Crippen LogP contribution in [-0.4, -0.2) is 38.0 Å². The van der Waals surface area contributed by atoms with Crippen LogP contribution in [-0.2, 0) is 25.5 Å². The Morgan fingerprint density at radius 1 is 1.21 bits per heavy atom. The summed E-state index contributed by atoms with van der Waals surface area (Å²) in [5.74, 6) is -6.61. The number of ether oxygens (including phenoxy) is 2. The lowest BCUT2D eigenvalue weighted by Gasteiger charge is -2.22. The molecule has 1 atom stereocenters. The van der Waals surface area contributed by atoms with Crippen molar-refractivity contribution >= 4 is 11.8 Å². The second kappa shape index (κ2) is 6.38. The van der Waals surface area contributed by atoms with Crippen molar-refractivity contribution < 1.29 is 27.8 Å². The smallest absolute Gasteiger partial charge is 0.341 e. The van der Waals surface area contributed by atoms with Crippen LogP contribution in [0.5, 0.6) is 0 Å². The van der Waals surface area contributed by atoms with E-state index in [-0.39, 0.29) is 0 Å². The molecule has 1 rings (SSSR count). The molecule has 0 aliphatic rings. The fourth-order valence-corrected chi connectivity index (χ4v) is 1.54. The third kappa shape index (κ3) is 3.57. The SMILES string of the molecule is COC(=O)C(OC)C(F)(F)C(=O)Cc1ccccc1. The maximum Gasteiger partial charge on any atom is 0.341 e. The quantitative estimate of drug-likeness (QED) is 0.738. The maximum atomic E-state index is 13.8. The minimum atomic E-state index is -3.93. The van der Waals surface area contributed by atoms with Crippen LogP contribution in [0.3, 0.4) is 0 Å². The summed E-state index contributed by atoms with van der Waals surface area (Å²) in [6, 6.07) is 8.07. The number of hydrogen-bond acceptors (Lipinski definition) is 4. The van der Waals surface area contributed by atoms with Crippen LogP contribution in [0, 0.1) is 0 Å². The van der Waals surface area contributed by atoms with E-state index in [1.165, 1.54) is 0 Å². The molecule has 1 aromatic carbocycles. The van der Waals surface area contributed by atoms with Crippen molar-refractivity contribution in [1.82, 2.24) is 0 Å². The van der Waals surface area contributed by atoms with Crippen molar-refractivity contribution in [2.75, 3.05) is 14.2 Å². The van der Waals surface area contributed by atoms with Gasteiger partial charge in [-0.3, -0.25) is 4.79 Å². The van der Waals surface area contributed by atoms with Crippen LogP contribution in [0.15, 0.2) is 30.3 Å². The fraction of sp³-hybridized carbons (Fsp3) is 0.385. The first kappa shape index (κ1) is 15.2. The summed E-state index contributed by atoms with van der Waals surface area (Å²) in [6.45, 7) is 0. The van der Waals surface area contributed by atoms with E-state index in [2.05, 4.69) is 9.47 Å². The molecule has 0 amide bonds. The second-order valence-electron chi connectivity index (χ2n) is 3.85. The number of alkyl halides is 2. The zero-order chi connectivity index (χ0) is 14.5. The van der Waals surface area contributed by atoms with E-state index in [0.29, 0.717) is 5.56 Å². The van der Waals surface area contributed by atoms with Crippen LogP contribution >= 0.6 is 0 Å². The van der Waals surface area contributed by atoms with Crippen LogP contribution in [0.1, 0.15) is 5.56 Å². The van der Waals surface area contributed by atoms with Gasteiger partial charge in [-0.2, -0.15) is 8.78 Å². The van der Waals surface area contributed by atoms with Gasteiger partial charge in [0.15, 0.2) is 0 Å². The lowest BCUT2D eigenvalue weighted by atomic mass is 10.0. The number of halogens is 2. The highest BCUT2D eigenvalue weighted by Gasteiger charge is 2.51. The predicted molar refractivity (Wildman–Crippen MR) is 62.9 cm³/mol. The Hall–Kier alpha value is -1.82. The maximum absolute atomic E-state index is 13.8. The number of methoxy groups -OCH3 is 2. The summed E-state index contributed by atoms with van der Waals surface area (Å²) < 4.78 is 36.2. The molecule has 0 radical (unpaired) electrons. The molecule has 0 fully saturated rings. The molecule has 0 aliphatic carbocycles. The number of carbonyl (C=O) groups excluding carboxylic acids is 2. The van der Waals surface area contributed by atoms with E-state index in [9.17, 15) is 18.4 Å². The van der Waals surface area contributed by atoms with Crippen molar-refractivity contribution in [2.45, 2.75) is 18.4 Å². The molecule has 0 heterocycles. The molecule has 0 saturated carbocycles. The molecule has 104 valence electrons. The molecule has 19 heavy (non-hydrogen) atoms. The first-order chi connectivity index (χ1) is 8.93. The molecule has 4 nitrogen and oxygen atoms in total. The number of carbonyl (C=O) groups is 2. The number of Topliss-reactive ketones (excluding diaryl/α,β-unsaturated/α-hetero) is 1. The number of rotatable bonds is 6. The van der Waals surface area contributed by atoms with E-state index in [1.807, 2.05) is 0 Å². The Balaban J connectivity index is 2.86. The highest BCUT2D eigenvalue weighted by molar-refractivity contribution is 5.93. The van der Waals surface area contributed by atoms with Gasteiger partial charge in [-0.15, -0.1) is 0 Å². The van der Waals surface area contributed by atoms with Gasteiger partial charge in [-0.05, 0) is 5.56 Å². The lowest BCUT2D eigenvalue weighted by Crippen LogP contribution is -2.48. The zero-order valence-electron chi connectivity index (χ0n) is 10.6. The molecule has 0 N–H and O–H groups in total. The first-order valence-electron chi connectivity index (χ1n) is 5.49. The predicted octanol–water partition coefficient (Wildman–Crippen LogP) is 1.62. The third-order valence-corrected chi connectivity index (χ3v) is 2.56. The molecule has 0 spiro atoms. The van der Waals surface area contributed by atoms with Gasteiger partial charge in [0.05, 0.1) is 7.11 Å². The normalized spacial score (nSPS) is 12.8. The Morgan fingerprint density at radius 3 is 2.26 bits per heavy atom. The van der Waals surface area contributed by atoms with Crippen molar-refractivity contribution in [1.29, 1.82) is 0 Å². The molecule has 6 heteroatoms. The number of esters is 1. The monoisotopic (exact) mass is 272 g/mol. The summed E-state index contributed by atoms with van der Waals surface area (Å²) >= 11 is 0. The van der Waals surface area contributed by atoms with Gasteiger partial charge < -0.3 is 9.47 Å². The van der Waals surface area contributed by atoms with Crippen molar-refractivity contribution in [2.24, 2.45) is 0 Å². The minimum Gasteiger partial charge on any atom is -0.467 e. The molecular weight excluding hydrogens is 258 g/mol. The molecule has 1 aromatic rings. The average Bonchev–Trinajstić information content (AvgIpc) is 2.40. The largest absolute Gasteiger partial charge is 0.467 e. The van der Waals surface area contributed by atoms with Crippen LogP contribution in [0.4, 0.5) is 8.78 Å². The highest BCUT2D eigenvalue weighted by Crippen LogP contribution is 2.25. The van der Waals surface area contributed by atoms with Crippen LogP contribution < -0.4 is 0 Å². The van der Waals surface area contributed by atoms with Gasteiger partial charge in [0.1, 0.15) is 0 Å². The zero-order valence-corrected chi connectivity index (χ0v) is 10.6. The van der Waals surface area contributed by atoms with Gasteiger partial charge >= 0.3 is 11.9 Å². The number of ketones is 1. The summed E-state index contributed by atoms with van der Waals surface area (Å²) in [7, 11) is 1.87. The summed E-state index contributed by atoms with van der Waals surface area (Å²) in [6.07, 6.45) is -2.71. The topological polar surface area (TPSA) is 52.6 Å². The van der Waals surface area contributed by atoms with E-state index < -0.39 is 30.2 Å². The molecule has 1 unspecified atom stereocenters. The molecule has 0 bridgehead atoms. The van der Waals surface area contributed by atoms with E-state index in [0.717, 1.165) is 14.2 Å². The van der Waals surface area contributed by atoms with Crippen molar-refractivity contribution in [3.05, 3.63) is 35.9 Å². The summed E-state index contributed by atoms with van der Waals surface area (Å²) in [5.41, 5.74) is 0.437. The van der Waals surface area contributed by atoms with Gasteiger partial charge in [0.2, 0.25) is 11.9 Å². The summed E-state index contributed by atoms with van der Waals surface area (Å²) in [5, 5.41) is 0.